The zero-order chi connectivity index (χ0) is 13.7. The van der Waals surface area contributed by atoms with E-state index in [9.17, 15) is 0 Å². The molecule has 0 saturated carbocycles. The third-order valence-electron chi connectivity index (χ3n) is 2.83. The molecule has 0 atom stereocenters. The average molecular weight is 280 g/mol. The van der Waals surface area contributed by atoms with Crippen LogP contribution in [0.3, 0.4) is 0 Å². The normalized spacial score (nSPS) is 11.2. The van der Waals surface area contributed by atoms with Crippen molar-refractivity contribution in [2.24, 2.45) is 5.73 Å². The van der Waals surface area contributed by atoms with E-state index in [-0.39, 0.29) is 0 Å². The first-order valence-electron chi connectivity index (χ1n) is 6.28. The summed E-state index contributed by atoms with van der Waals surface area (Å²) in [6.07, 6.45) is 2.72. The summed E-state index contributed by atoms with van der Waals surface area (Å²) >= 11 is 5.86. The van der Waals surface area contributed by atoms with E-state index in [1.54, 1.807) is 6.20 Å². The molecule has 0 aliphatic carbocycles. The van der Waals surface area contributed by atoms with Gasteiger partial charge in [0.25, 0.3) is 0 Å². The van der Waals surface area contributed by atoms with E-state index in [1.807, 2.05) is 31.3 Å². The van der Waals surface area contributed by atoms with Crippen LogP contribution in [0.25, 0.3) is 11.3 Å². The Balaban J connectivity index is 2.00. The third kappa shape index (κ3) is 4.06. The van der Waals surface area contributed by atoms with Gasteiger partial charge in [-0.15, -0.1) is 0 Å². The molecule has 0 amide bonds. The fourth-order valence-corrected chi connectivity index (χ4v) is 1.93. The monoisotopic (exact) mass is 279 g/mol. The van der Waals surface area contributed by atoms with Crippen molar-refractivity contribution in [2.45, 2.75) is 13.0 Å². The van der Waals surface area contributed by atoms with Crippen molar-refractivity contribution in [2.75, 3.05) is 20.1 Å². The summed E-state index contributed by atoms with van der Waals surface area (Å²) in [5.74, 6) is 1.48. The largest absolute Gasteiger partial charge is 0.439 e. The highest BCUT2D eigenvalue weighted by Gasteiger charge is 2.08. The van der Waals surface area contributed by atoms with Crippen LogP contribution < -0.4 is 5.73 Å². The Morgan fingerprint density at radius 3 is 2.74 bits per heavy atom. The molecule has 102 valence electrons. The van der Waals surface area contributed by atoms with Crippen LogP contribution in [0.5, 0.6) is 0 Å². The summed E-state index contributed by atoms with van der Waals surface area (Å²) in [5.41, 5.74) is 6.47. The van der Waals surface area contributed by atoms with Crippen LogP contribution >= 0.6 is 11.6 Å². The Morgan fingerprint density at radius 1 is 1.32 bits per heavy atom. The molecule has 5 heteroatoms. The Labute approximate surface area is 118 Å². The topological polar surface area (TPSA) is 55.3 Å². The quantitative estimate of drug-likeness (QED) is 0.883. The maximum absolute atomic E-state index is 5.86. The van der Waals surface area contributed by atoms with Crippen LogP contribution in [0, 0.1) is 0 Å². The summed E-state index contributed by atoms with van der Waals surface area (Å²) in [6.45, 7) is 2.33. The number of nitrogens with zero attached hydrogens (tertiary/aromatic N) is 2. The molecule has 0 spiro atoms. The van der Waals surface area contributed by atoms with Gasteiger partial charge in [0.05, 0.1) is 12.7 Å². The Kier molecular flexibility index (Phi) is 4.96. The SMILES string of the molecule is CN(CCCN)Cc1ncc(-c2ccc(Cl)cc2)o1. The lowest BCUT2D eigenvalue weighted by Crippen LogP contribution is -2.21. The molecule has 19 heavy (non-hydrogen) atoms. The van der Waals surface area contributed by atoms with E-state index in [0.717, 1.165) is 24.3 Å². The van der Waals surface area contributed by atoms with Crippen molar-refractivity contribution in [3.8, 4) is 11.3 Å². The van der Waals surface area contributed by atoms with Crippen LogP contribution in [0.2, 0.25) is 5.02 Å². The van der Waals surface area contributed by atoms with Crippen LogP contribution in [0.4, 0.5) is 0 Å². The molecule has 2 rings (SSSR count). The van der Waals surface area contributed by atoms with E-state index >= 15 is 0 Å². The van der Waals surface area contributed by atoms with Crippen LogP contribution in [0.1, 0.15) is 12.3 Å². The fourth-order valence-electron chi connectivity index (χ4n) is 1.80. The van der Waals surface area contributed by atoms with E-state index < -0.39 is 0 Å². The minimum absolute atomic E-state index is 0.688. The molecule has 0 saturated heterocycles. The molecule has 4 nitrogen and oxygen atoms in total. The van der Waals surface area contributed by atoms with Gasteiger partial charge in [0.15, 0.2) is 5.76 Å². The van der Waals surface area contributed by atoms with Gasteiger partial charge in [-0.1, -0.05) is 11.6 Å². The van der Waals surface area contributed by atoms with Gasteiger partial charge >= 0.3 is 0 Å². The number of halogens is 1. The van der Waals surface area contributed by atoms with Gasteiger partial charge in [0, 0.05) is 10.6 Å². The third-order valence-corrected chi connectivity index (χ3v) is 3.08. The maximum Gasteiger partial charge on any atom is 0.209 e. The summed E-state index contributed by atoms with van der Waals surface area (Å²) in [6, 6.07) is 7.52. The highest BCUT2D eigenvalue weighted by Crippen LogP contribution is 2.22. The number of benzene rings is 1. The predicted molar refractivity (Wildman–Crippen MR) is 77.0 cm³/mol. The standard InChI is InChI=1S/C14H18ClN3O/c1-18(8-2-7-16)10-14-17-9-13(19-14)11-3-5-12(15)6-4-11/h3-6,9H,2,7-8,10,16H2,1H3. The van der Waals surface area contributed by atoms with E-state index in [0.29, 0.717) is 24.0 Å². The lowest BCUT2D eigenvalue weighted by molar-refractivity contribution is 0.288. The lowest BCUT2D eigenvalue weighted by atomic mass is 10.2. The first kappa shape index (κ1) is 14.1. The highest BCUT2D eigenvalue weighted by molar-refractivity contribution is 6.30. The van der Waals surface area contributed by atoms with Gasteiger partial charge in [-0.2, -0.15) is 0 Å². The van der Waals surface area contributed by atoms with Gasteiger partial charge in [-0.05, 0) is 50.8 Å². The van der Waals surface area contributed by atoms with Crippen LogP contribution in [-0.4, -0.2) is 30.0 Å². The lowest BCUT2D eigenvalue weighted by Gasteiger charge is -2.13. The van der Waals surface area contributed by atoms with Gasteiger partial charge < -0.3 is 10.2 Å². The van der Waals surface area contributed by atoms with Crippen LogP contribution in [0.15, 0.2) is 34.9 Å². The maximum atomic E-state index is 5.86. The molecule has 0 aliphatic heterocycles. The molecule has 1 aromatic heterocycles. The van der Waals surface area contributed by atoms with E-state index in [4.69, 9.17) is 21.8 Å². The number of aromatic nitrogens is 1. The number of oxazole rings is 1. The molecular weight excluding hydrogens is 262 g/mol. The molecule has 2 aromatic rings. The van der Waals surface area contributed by atoms with Crippen molar-refractivity contribution < 1.29 is 4.42 Å². The van der Waals surface area contributed by atoms with Crippen LogP contribution in [-0.2, 0) is 6.54 Å². The number of nitrogens with two attached hydrogens (primary N) is 1. The fraction of sp³-hybridized carbons (Fsp3) is 0.357. The second-order valence-electron chi connectivity index (χ2n) is 4.51. The second kappa shape index (κ2) is 6.70. The minimum atomic E-state index is 0.688. The van der Waals surface area contributed by atoms with Gasteiger partial charge in [-0.3, -0.25) is 4.90 Å². The van der Waals surface area contributed by atoms with E-state index in [2.05, 4.69) is 9.88 Å². The molecule has 1 aromatic carbocycles. The van der Waals surface area contributed by atoms with Crippen molar-refractivity contribution in [3.63, 3.8) is 0 Å². The first-order chi connectivity index (χ1) is 9.19. The smallest absolute Gasteiger partial charge is 0.209 e. The van der Waals surface area contributed by atoms with Crippen molar-refractivity contribution >= 4 is 11.6 Å². The van der Waals surface area contributed by atoms with Crippen molar-refractivity contribution in [1.82, 2.24) is 9.88 Å². The molecule has 2 N–H and O–H groups in total. The summed E-state index contributed by atoms with van der Waals surface area (Å²) in [5, 5.41) is 0.713. The zero-order valence-electron chi connectivity index (χ0n) is 11.0. The molecule has 1 heterocycles. The Hall–Kier alpha value is -1.36. The zero-order valence-corrected chi connectivity index (χ0v) is 11.7. The highest BCUT2D eigenvalue weighted by atomic mass is 35.5. The Morgan fingerprint density at radius 2 is 2.05 bits per heavy atom. The molecule has 0 aliphatic rings. The second-order valence-corrected chi connectivity index (χ2v) is 4.94. The molecule has 0 unspecified atom stereocenters. The first-order valence-corrected chi connectivity index (χ1v) is 6.66. The molecule has 0 fully saturated rings. The minimum Gasteiger partial charge on any atom is -0.439 e. The van der Waals surface area contributed by atoms with E-state index in [1.165, 1.54) is 0 Å². The van der Waals surface area contributed by atoms with Crippen molar-refractivity contribution in [1.29, 1.82) is 0 Å². The molecule has 0 bridgehead atoms. The average Bonchev–Trinajstić information content (AvgIpc) is 2.85. The van der Waals surface area contributed by atoms with Gasteiger partial charge in [-0.25, -0.2) is 4.98 Å². The van der Waals surface area contributed by atoms with Gasteiger partial charge in [0.1, 0.15) is 0 Å². The van der Waals surface area contributed by atoms with Gasteiger partial charge in [0.2, 0.25) is 5.89 Å². The molecular formula is C14H18ClN3O. The predicted octanol–water partition coefficient (Wildman–Crippen LogP) is 2.78. The number of hydrogen-bond acceptors (Lipinski definition) is 4. The Bertz CT molecular complexity index is 510. The van der Waals surface area contributed by atoms with Crippen molar-refractivity contribution in [3.05, 3.63) is 41.4 Å². The summed E-state index contributed by atoms with van der Waals surface area (Å²) in [4.78, 5) is 6.43. The molecule has 0 radical (unpaired) electrons. The summed E-state index contributed by atoms with van der Waals surface area (Å²) in [7, 11) is 2.03. The number of hydrogen-bond donors (Lipinski definition) is 1. The number of rotatable bonds is 6. The summed E-state index contributed by atoms with van der Waals surface area (Å²) < 4.78 is 5.73.